The molecule has 0 aromatic carbocycles. The van der Waals surface area contributed by atoms with Crippen molar-refractivity contribution in [3.63, 3.8) is 0 Å². The molecule has 2 aliphatic rings. The molecule has 0 unspecified atom stereocenters. The summed E-state index contributed by atoms with van der Waals surface area (Å²) in [5, 5.41) is 0. The van der Waals surface area contributed by atoms with Gasteiger partial charge < -0.3 is 15.2 Å². The quantitative estimate of drug-likeness (QED) is 0.519. The second-order valence-electron chi connectivity index (χ2n) is 3.83. The normalized spacial score (nSPS) is 33.3. The van der Waals surface area contributed by atoms with Gasteiger partial charge in [0.25, 0.3) is 11.8 Å². The van der Waals surface area contributed by atoms with Crippen molar-refractivity contribution in [2.24, 2.45) is 5.73 Å². The molecular formula is C8H10N2O5. The standard InChI is InChI=1S/C8H10N2O5/c1-8(2)14-3-4(15-8)6(12)10(5(3)11)7(9)13/h3-4H,1-2H3,(H2,9,13)/t3-,4-/m1/s1. The molecule has 2 heterocycles. The van der Waals surface area contributed by atoms with Crippen molar-refractivity contribution in [3.05, 3.63) is 0 Å². The number of primary amides is 1. The maximum atomic E-state index is 11.5. The van der Waals surface area contributed by atoms with Crippen LogP contribution in [0, 0.1) is 0 Å². The number of imide groups is 3. The Labute approximate surface area is 85.1 Å². The van der Waals surface area contributed by atoms with Crippen LogP contribution >= 0.6 is 0 Å². The number of likely N-dealkylation sites (tertiary alicyclic amines) is 1. The fourth-order valence-electron chi connectivity index (χ4n) is 1.70. The summed E-state index contributed by atoms with van der Waals surface area (Å²) in [6.45, 7) is 3.17. The first kappa shape index (κ1) is 10.1. The Morgan fingerprint density at radius 3 is 2.00 bits per heavy atom. The second-order valence-corrected chi connectivity index (χ2v) is 3.83. The Kier molecular flexibility index (Phi) is 1.86. The van der Waals surface area contributed by atoms with Gasteiger partial charge in [-0.05, 0) is 13.8 Å². The summed E-state index contributed by atoms with van der Waals surface area (Å²) in [6, 6.07) is -1.11. The lowest BCUT2D eigenvalue weighted by molar-refractivity contribution is -0.172. The number of fused-ring (bicyclic) bond motifs is 1. The average Bonchev–Trinajstić information content (AvgIpc) is 2.49. The highest BCUT2D eigenvalue weighted by molar-refractivity contribution is 6.18. The van der Waals surface area contributed by atoms with Gasteiger partial charge in [0.15, 0.2) is 18.0 Å². The first-order valence-corrected chi connectivity index (χ1v) is 4.36. The third-order valence-electron chi connectivity index (χ3n) is 2.24. The van der Waals surface area contributed by atoms with Crippen molar-refractivity contribution in [1.29, 1.82) is 0 Å². The van der Waals surface area contributed by atoms with Crippen LogP contribution in [0.2, 0.25) is 0 Å². The summed E-state index contributed by atoms with van der Waals surface area (Å²) in [6.07, 6.45) is -2.11. The van der Waals surface area contributed by atoms with E-state index in [0.29, 0.717) is 4.90 Å². The summed E-state index contributed by atoms with van der Waals surface area (Å²) < 4.78 is 10.4. The van der Waals surface area contributed by atoms with Crippen molar-refractivity contribution in [2.45, 2.75) is 31.8 Å². The number of ether oxygens (including phenoxy) is 2. The van der Waals surface area contributed by atoms with Gasteiger partial charge in [0.05, 0.1) is 0 Å². The maximum absolute atomic E-state index is 11.5. The minimum atomic E-state index is -1.11. The van der Waals surface area contributed by atoms with Gasteiger partial charge >= 0.3 is 6.03 Å². The molecule has 2 saturated heterocycles. The fraction of sp³-hybridized carbons (Fsp3) is 0.625. The molecule has 0 radical (unpaired) electrons. The second kappa shape index (κ2) is 2.77. The van der Waals surface area contributed by atoms with Gasteiger partial charge in [-0.2, -0.15) is 4.90 Å². The largest absolute Gasteiger partial charge is 0.351 e. The predicted molar refractivity (Wildman–Crippen MR) is 45.3 cm³/mol. The molecule has 0 saturated carbocycles. The van der Waals surface area contributed by atoms with Crippen molar-refractivity contribution < 1.29 is 23.9 Å². The van der Waals surface area contributed by atoms with Crippen LogP contribution in [0.4, 0.5) is 4.79 Å². The Balaban J connectivity index is 2.30. The number of nitrogens with zero attached hydrogens (tertiary/aromatic N) is 1. The highest BCUT2D eigenvalue weighted by Crippen LogP contribution is 2.34. The molecule has 2 rings (SSSR count). The van der Waals surface area contributed by atoms with E-state index in [-0.39, 0.29) is 0 Å². The first-order valence-electron chi connectivity index (χ1n) is 4.36. The minimum Gasteiger partial charge on any atom is -0.351 e. The lowest BCUT2D eigenvalue weighted by Crippen LogP contribution is -2.44. The lowest BCUT2D eigenvalue weighted by atomic mass is 10.2. The third kappa shape index (κ3) is 1.31. The van der Waals surface area contributed by atoms with Crippen molar-refractivity contribution in [1.82, 2.24) is 4.90 Å². The molecule has 0 spiro atoms. The summed E-state index contributed by atoms with van der Waals surface area (Å²) in [7, 11) is 0. The number of nitrogens with two attached hydrogens (primary N) is 1. The Morgan fingerprint density at radius 2 is 1.67 bits per heavy atom. The van der Waals surface area contributed by atoms with Crippen LogP contribution in [0.5, 0.6) is 0 Å². The minimum absolute atomic E-state index is 0.352. The van der Waals surface area contributed by atoms with E-state index >= 15 is 0 Å². The van der Waals surface area contributed by atoms with Crippen LogP contribution in [-0.4, -0.2) is 40.7 Å². The number of urea groups is 1. The number of hydrogen-bond acceptors (Lipinski definition) is 5. The van der Waals surface area contributed by atoms with Gasteiger partial charge in [0.2, 0.25) is 0 Å². The molecule has 0 aromatic rings. The number of rotatable bonds is 0. The third-order valence-corrected chi connectivity index (χ3v) is 2.24. The zero-order valence-electron chi connectivity index (χ0n) is 8.22. The number of hydrogen-bond donors (Lipinski definition) is 1. The van der Waals surface area contributed by atoms with E-state index in [2.05, 4.69) is 0 Å². The molecule has 0 bridgehead atoms. The van der Waals surface area contributed by atoms with E-state index < -0.39 is 35.8 Å². The number of carbonyl (C=O) groups is 3. The highest BCUT2D eigenvalue weighted by Gasteiger charge is 2.59. The zero-order chi connectivity index (χ0) is 11.4. The van der Waals surface area contributed by atoms with Crippen molar-refractivity contribution >= 4 is 17.8 Å². The van der Waals surface area contributed by atoms with E-state index in [4.69, 9.17) is 15.2 Å². The molecule has 82 valence electrons. The summed E-state index contributed by atoms with van der Waals surface area (Å²) in [5.74, 6) is -2.52. The van der Waals surface area contributed by atoms with Gasteiger partial charge in [0.1, 0.15) is 0 Å². The molecule has 2 atom stereocenters. The number of carbonyl (C=O) groups excluding carboxylic acids is 3. The van der Waals surface area contributed by atoms with Crippen LogP contribution in [0.25, 0.3) is 0 Å². The van der Waals surface area contributed by atoms with E-state index in [1.54, 1.807) is 13.8 Å². The highest BCUT2D eigenvalue weighted by atomic mass is 16.8. The molecular weight excluding hydrogens is 204 g/mol. The molecule has 2 fully saturated rings. The van der Waals surface area contributed by atoms with E-state index in [0.717, 1.165) is 0 Å². The molecule has 0 aliphatic carbocycles. The summed E-state index contributed by atoms with van der Waals surface area (Å²) in [5.41, 5.74) is 4.88. The maximum Gasteiger partial charge on any atom is 0.328 e. The molecule has 7 heteroatoms. The van der Waals surface area contributed by atoms with Gasteiger partial charge in [-0.25, -0.2) is 4.79 Å². The van der Waals surface area contributed by atoms with E-state index in [1.165, 1.54) is 0 Å². The zero-order valence-corrected chi connectivity index (χ0v) is 8.22. The van der Waals surface area contributed by atoms with Gasteiger partial charge in [-0.1, -0.05) is 0 Å². The summed E-state index contributed by atoms with van der Waals surface area (Å²) >= 11 is 0. The molecule has 7 nitrogen and oxygen atoms in total. The Bertz CT molecular complexity index is 338. The fourth-order valence-corrected chi connectivity index (χ4v) is 1.70. The Hall–Kier alpha value is -1.47. The van der Waals surface area contributed by atoms with Crippen LogP contribution in [0.1, 0.15) is 13.8 Å². The van der Waals surface area contributed by atoms with Gasteiger partial charge in [-0.15, -0.1) is 0 Å². The topological polar surface area (TPSA) is 98.9 Å². The van der Waals surface area contributed by atoms with Crippen LogP contribution < -0.4 is 5.73 Å². The van der Waals surface area contributed by atoms with E-state index in [1.807, 2.05) is 0 Å². The molecule has 15 heavy (non-hydrogen) atoms. The van der Waals surface area contributed by atoms with E-state index in [9.17, 15) is 14.4 Å². The van der Waals surface area contributed by atoms with Gasteiger partial charge in [-0.3, -0.25) is 9.59 Å². The monoisotopic (exact) mass is 214 g/mol. The van der Waals surface area contributed by atoms with Crippen molar-refractivity contribution in [2.75, 3.05) is 0 Å². The first-order chi connectivity index (χ1) is 6.83. The average molecular weight is 214 g/mol. The van der Waals surface area contributed by atoms with Crippen molar-refractivity contribution in [3.8, 4) is 0 Å². The molecule has 4 amide bonds. The molecule has 0 aromatic heterocycles. The predicted octanol–water partition coefficient (Wildman–Crippen LogP) is -1.05. The smallest absolute Gasteiger partial charge is 0.328 e. The SMILES string of the molecule is CC1(C)O[C@H]2C(=O)N(C(N)=O)C(=O)[C@@H]2O1. The van der Waals surface area contributed by atoms with Gasteiger partial charge in [0, 0.05) is 0 Å². The lowest BCUT2D eigenvalue weighted by Gasteiger charge is -2.19. The molecule has 2 aliphatic heterocycles. The van der Waals surface area contributed by atoms with Crippen LogP contribution in [0.15, 0.2) is 0 Å². The molecule has 2 N–H and O–H groups in total. The van der Waals surface area contributed by atoms with Crippen LogP contribution in [0.3, 0.4) is 0 Å². The summed E-state index contributed by atoms with van der Waals surface area (Å²) in [4.78, 5) is 34.2. The van der Waals surface area contributed by atoms with Crippen LogP contribution in [-0.2, 0) is 19.1 Å². The Morgan fingerprint density at radius 1 is 1.27 bits per heavy atom. The number of amides is 4.